The molecule has 152 valence electrons. The van der Waals surface area contributed by atoms with Gasteiger partial charge in [0, 0.05) is 11.3 Å². The summed E-state index contributed by atoms with van der Waals surface area (Å²) in [6.45, 7) is 2.04. The molecule has 4 heteroatoms. The van der Waals surface area contributed by atoms with Crippen molar-refractivity contribution in [3.05, 3.63) is 114 Å². The maximum Gasteiger partial charge on any atom is 0.179 e. The van der Waals surface area contributed by atoms with Crippen LogP contribution in [0, 0.1) is 17.6 Å². The number of hydrogen-bond acceptors (Lipinski definition) is 4. The van der Waals surface area contributed by atoms with Crippen LogP contribution < -0.4 is 5.32 Å². The predicted molar refractivity (Wildman–Crippen MR) is 129 cm³/mol. The Balaban J connectivity index is 1.78. The molecule has 0 spiro atoms. The summed E-state index contributed by atoms with van der Waals surface area (Å²) >= 11 is 1.01. The molecule has 4 aromatic carbocycles. The highest BCUT2D eigenvalue weighted by Gasteiger charge is 2.32. The Hall–Kier alpha value is -3.55. The molecule has 0 bridgehead atoms. The van der Waals surface area contributed by atoms with Gasteiger partial charge in [-0.3, -0.25) is 4.79 Å². The van der Waals surface area contributed by atoms with Gasteiger partial charge in [0.2, 0.25) is 0 Å². The first-order valence-corrected chi connectivity index (χ1v) is 11.0. The first-order chi connectivity index (χ1) is 15.2. The number of anilines is 1. The third-order valence-electron chi connectivity index (χ3n) is 5.33. The highest BCUT2D eigenvalue weighted by Crippen LogP contribution is 2.34. The number of Topliss-reactive ketones (excluding diaryl/α,β-unsaturated/α-hetero) is 1. The van der Waals surface area contributed by atoms with Gasteiger partial charge in [0.05, 0.1) is 6.04 Å². The van der Waals surface area contributed by atoms with E-state index in [9.17, 15) is 10.1 Å². The number of thioether (sulfide) groups is 1. The van der Waals surface area contributed by atoms with E-state index in [2.05, 4.69) is 10.7 Å². The molecule has 0 aliphatic heterocycles. The molecule has 0 aliphatic carbocycles. The Bertz CT molecular complexity index is 1220. The minimum absolute atomic E-state index is 0.0585. The van der Waals surface area contributed by atoms with Gasteiger partial charge in [-0.25, -0.2) is 0 Å². The lowest BCUT2D eigenvalue weighted by Crippen LogP contribution is -2.30. The molecular weight excluding hydrogens is 400 g/mol. The Kier molecular flexibility index (Phi) is 6.35. The summed E-state index contributed by atoms with van der Waals surface area (Å²) < 4.78 is 0. The number of aryl methyl sites for hydroxylation is 1. The van der Waals surface area contributed by atoms with E-state index in [0.29, 0.717) is 5.56 Å². The van der Waals surface area contributed by atoms with E-state index in [-0.39, 0.29) is 11.8 Å². The summed E-state index contributed by atoms with van der Waals surface area (Å²) in [6.07, 6.45) is 0. The monoisotopic (exact) mass is 422 g/mol. The van der Waals surface area contributed by atoms with E-state index < -0.39 is 5.25 Å². The van der Waals surface area contributed by atoms with Crippen LogP contribution in [0.4, 0.5) is 5.69 Å². The van der Waals surface area contributed by atoms with Crippen molar-refractivity contribution in [2.24, 2.45) is 0 Å². The average molecular weight is 423 g/mol. The fourth-order valence-corrected chi connectivity index (χ4v) is 4.46. The largest absolute Gasteiger partial charge is 0.377 e. The highest BCUT2D eigenvalue weighted by atomic mass is 32.2. The molecule has 4 aromatic rings. The summed E-state index contributed by atoms with van der Waals surface area (Å²) in [6, 6.07) is 31.2. The topological polar surface area (TPSA) is 52.9 Å². The fraction of sp³-hybridized carbons (Fsp3) is 0.111. The van der Waals surface area contributed by atoms with Gasteiger partial charge in [-0.05, 0) is 47.2 Å². The molecule has 4 rings (SSSR count). The second kappa shape index (κ2) is 9.51. The molecule has 0 heterocycles. The van der Waals surface area contributed by atoms with Crippen molar-refractivity contribution >= 4 is 34.0 Å². The molecule has 31 heavy (non-hydrogen) atoms. The smallest absolute Gasteiger partial charge is 0.179 e. The number of carbonyl (C=O) groups excluding carboxylic acids is 1. The number of thiocyanates is 1. The molecule has 3 nitrogen and oxygen atoms in total. The fourth-order valence-electron chi connectivity index (χ4n) is 3.75. The van der Waals surface area contributed by atoms with Crippen molar-refractivity contribution in [2.75, 3.05) is 5.32 Å². The Morgan fingerprint density at radius 1 is 0.871 bits per heavy atom. The van der Waals surface area contributed by atoms with E-state index in [1.807, 2.05) is 104 Å². The molecule has 0 saturated heterocycles. The van der Waals surface area contributed by atoms with Crippen LogP contribution in [-0.2, 0) is 0 Å². The van der Waals surface area contributed by atoms with E-state index in [0.717, 1.165) is 39.3 Å². The van der Waals surface area contributed by atoms with Gasteiger partial charge >= 0.3 is 0 Å². The van der Waals surface area contributed by atoms with Crippen LogP contribution in [0.15, 0.2) is 97.1 Å². The zero-order valence-electron chi connectivity index (χ0n) is 17.2. The molecule has 0 saturated carbocycles. The normalized spacial score (nSPS) is 12.6. The van der Waals surface area contributed by atoms with Crippen molar-refractivity contribution in [2.45, 2.75) is 18.2 Å². The number of ketones is 1. The van der Waals surface area contributed by atoms with Gasteiger partial charge in [0.25, 0.3) is 0 Å². The minimum Gasteiger partial charge on any atom is -0.377 e. The van der Waals surface area contributed by atoms with Crippen molar-refractivity contribution in [1.29, 1.82) is 5.26 Å². The van der Waals surface area contributed by atoms with Gasteiger partial charge in [-0.2, -0.15) is 5.26 Å². The lowest BCUT2D eigenvalue weighted by atomic mass is 9.94. The Labute approximate surface area is 186 Å². The van der Waals surface area contributed by atoms with Crippen LogP contribution in [0.1, 0.15) is 27.5 Å². The zero-order chi connectivity index (χ0) is 21.6. The van der Waals surface area contributed by atoms with E-state index >= 15 is 0 Å². The molecule has 0 radical (unpaired) electrons. The van der Waals surface area contributed by atoms with E-state index in [1.165, 1.54) is 0 Å². The van der Waals surface area contributed by atoms with Crippen LogP contribution in [0.3, 0.4) is 0 Å². The van der Waals surface area contributed by atoms with Gasteiger partial charge < -0.3 is 5.32 Å². The summed E-state index contributed by atoms with van der Waals surface area (Å²) in [4.78, 5) is 13.8. The van der Waals surface area contributed by atoms with Crippen molar-refractivity contribution < 1.29 is 4.79 Å². The molecule has 1 N–H and O–H groups in total. The van der Waals surface area contributed by atoms with Crippen LogP contribution in [0.25, 0.3) is 10.8 Å². The number of benzene rings is 4. The van der Waals surface area contributed by atoms with Crippen LogP contribution >= 0.6 is 11.8 Å². The van der Waals surface area contributed by atoms with E-state index in [4.69, 9.17) is 0 Å². The molecule has 0 aromatic heterocycles. The summed E-state index contributed by atoms with van der Waals surface area (Å²) in [5, 5.41) is 16.6. The Morgan fingerprint density at radius 3 is 2.29 bits per heavy atom. The number of fused-ring (bicyclic) bond motifs is 1. The zero-order valence-corrected chi connectivity index (χ0v) is 18.0. The van der Waals surface area contributed by atoms with Crippen molar-refractivity contribution in [3.8, 4) is 5.40 Å². The number of hydrogen-bond donors (Lipinski definition) is 1. The van der Waals surface area contributed by atoms with Crippen LogP contribution in [0.2, 0.25) is 0 Å². The molecule has 2 atom stereocenters. The molecule has 0 aliphatic rings. The lowest BCUT2D eigenvalue weighted by Gasteiger charge is -2.27. The summed E-state index contributed by atoms with van der Waals surface area (Å²) in [5.74, 6) is -0.0585. The van der Waals surface area contributed by atoms with E-state index in [1.54, 1.807) is 0 Å². The second-order valence-electron chi connectivity index (χ2n) is 7.42. The third kappa shape index (κ3) is 4.63. The van der Waals surface area contributed by atoms with Gasteiger partial charge in [-0.1, -0.05) is 90.5 Å². The number of nitrogens with one attached hydrogen (secondary N) is 1. The second-order valence-corrected chi connectivity index (χ2v) is 8.35. The summed E-state index contributed by atoms with van der Waals surface area (Å²) in [5.41, 5.74) is 3.67. The summed E-state index contributed by atoms with van der Waals surface area (Å²) in [7, 11) is 0. The number of carbonyl (C=O) groups is 1. The van der Waals surface area contributed by atoms with Gasteiger partial charge in [0.15, 0.2) is 5.78 Å². The number of nitrogens with zero attached hydrogens (tertiary/aromatic N) is 1. The Morgan fingerprint density at radius 2 is 1.55 bits per heavy atom. The molecular formula is C27H22N2OS. The molecule has 0 fully saturated rings. The van der Waals surface area contributed by atoms with Crippen molar-refractivity contribution in [1.82, 2.24) is 0 Å². The first-order valence-electron chi connectivity index (χ1n) is 10.1. The lowest BCUT2D eigenvalue weighted by molar-refractivity contribution is 0.0985. The highest BCUT2D eigenvalue weighted by molar-refractivity contribution is 8.05. The molecule has 0 amide bonds. The molecule has 0 unspecified atom stereocenters. The minimum atomic E-state index is -0.612. The van der Waals surface area contributed by atoms with Gasteiger partial charge in [-0.15, -0.1) is 0 Å². The average Bonchev–Trinajstić information content (AvgIpc) is 2.82. The maximum atomic E-state index is 13.8. The standard InChI is InChI=1S/C27H22N2OS/c1-19-14-16-22(17-15-19)29-25(21-9-3-2-4-10-21)27(31-18-28)26(30)24-13-7-11-20-8-5-6-12-23(20)24/h2-17,25,27,29H,1H3/t25-,27+/m1/s1. The first kappa shape index (κ1) is 20.7. The number of rotatable bonds is 7. The maximum absolute atomic E-state index is 13.8. The predicted octanol–water partition coefficient (Wildman–Crippen LogP) is 6.77. The number of nitriles is 1. The third-order valence-corrected chi connectivity index (χ3v) is 6.17. The SMILES string of the molecule is Cc1ccc(N[C@H](c2ccccc2)[C@H](SC#N)C(=O)c2cccc3ccccc23)cc1. The van der Waals surface area contributed by atoms with Gasteiger partial charge in [0.1, 0.15) is 10.7 Å². The van der Waals surface area contributed by atoms with Crippen LogP contribution in [0.5, 0.6) is 0 Å². The van der Waals surface area contributed by atoms with Crippen LogP contribution in [-0.4, -0.2) is 11.0 Å². The van der Waals surface area contributed by atoms with Crippen molar-refractivity contribution in [3.63, 3.8) is 0 Å². The quantitative estimate of drug-likeness (QED) is 0.264.